The molecule has 0 saturated heterocycles. The van der Waals surface area contributed by atoms with Gasteiger partial charge in [-0.2, -0.15) is 0 Å². The van der Waals surface area contributed by atoms with Crippen molar-refractivity contribution >= 4 is 58.4 Å². The van der Waals surface area contributed by atoms with Gasteiger partial charge in [-0.3, -0.25) is 0 Å². The van der Waals surface area contributed by atoms with E-state index in [0.29, 0.717) is 12.5 Å². The second kappa shape index (κ2) is 5.16. The monoisotopic (exact) mass is 228 g/mol. The molecule has 0 fully saturated rings. The van der Waals surface area contributed by atoms with E-state index in [1.54, 1.807) is 0 Å². The number of halogens is 4. The summed E-state index contributed by atoms with van der Waals surface area (Å²) in [5.74, 6) is 0.397. The summed E-state index contributed by atoms with van der Waals surface area (Å²) in [4.78, 5) is 0. The largest absolute Gasteiger partial charge is 0.310 e. The van der Waals surface area contributed by atoms with Crippen LogP contribution in [-0.2, 0) is 4.18 Å². The minimum absolute atomic E-state index is 0.375. The normalized spacial score (nSPS) is 12.0. The highest BCUT2D eigenvalue weighted by atomic mass is 35.6. The zero-order chi connectivity index (χ0) is 7.33. The Morgan fingerprint density at radius 1 is 1.33 bits per heavy atom. The van der Waals surface area contributed by atoms with Gasteiger partial charge in [0.2, 0.25) is 0 Å². The minimum atomic E-state index is -1.40. The highest BCUT2D eigenvalue weighted by Gasteiger charge is 2.20. The van der Waals surface area contributed by atoms with E-state index in [9.17, 15) is 0 Å². The topological polar surface area (TPSA) is 9.23 Å². The molecule has 0 atom stereocenters. The summed E-state index contributed by atoms with van der Waals surface area (Å²) in [7, 11) is 0. The summed E-state index contributed by atoms with van der Waals surface area (Å²) < 4.78 is 3.34. The smallest absolute Gasteiger partial charge is 0.262 e. The zero-order valence-corrected chi connectivity index (χ0v) is 8.08. The molecule has 0 aromatic heterocycles. The molecule has 0 bridgehead atoms. The van der Waals surface area contributed by atoms with Crippen molar-refractivity contribution in [3.05, 3.63) is 0 Å². The Labute approximate surface area is 78.1 Å². The summed E-state index contributed by atoms with van der Waals surface area (Å²) in [6.45, 7) is 0.375. The average Bonchev–Trinajstić information content (AvgIpc) is 1.63. The molecule has 6 heteroatoms. The molecule has 0 aliphatic carbocycles. The molecule has 0 aromatic carbocycles. The third-order valence-electron chi connectivity index (χ3n) is 0.314. The Balaban J connectivity index is 3.07. The Morgan fingerprint density at radius 2 is 1.89 bits per heavy atom. The molecule has 0 aromatic rings. The van der Waals surface area contributed by atoms with E-state index in [0.717, 1.165) is 12.0 Å². The summed E-state index contributed by atoms with van der Waals surface area (Å²) in [5.41, 5.74) is 0. The van der Waals surface area contributed by atoms with Gasteiger partial charge in [0, 0.05) is 17.9 Å². The standard InChI is InChI=1S/C3H4Cl4OS/c4-1-2-8-9-3(5,6)7/h1-2H2. The van der Waals surface area contributed by atoms with Crippen molar-refractivity contribution in [1.29, 1.82) is 0 Å². The van der Waals surface area contributed by atoms with Gasteiger partial charge in [-0.05, 0) is 0 Å². The van der Waals surface area contributed by atoms with Crippen molar-refractivity contribution < 1.29 is 4.18 Å². The first kappa shape index (κ1) is 10.5. The molecule has 0 radical (unpaired) electrons. The molecule has 0 spiro atoms. The van der Waals surface area contributed by atoms with Crippen LogP contribution in [0.2, 0.25) is 0 Å². The number of hydrogen-bond acceptors (Lipinski definition) is 2. The number of alkyl halides is 4. The first-order chi connectivity index (χ1) is 4.06. The lowest BCUT2D eigenvalue weighted by atomic mass is 10.9. The van der Waals surface area contributed by atoms with Gasteiger partial charge < -0.3 is 4.18 Å². The first-order valence-electron chi connectivity index (χ1n) is 1.99. The van der Waals surface area contributed by atoms with Crippen molar-refractivity contribution in [3.63, 3.8) is 0 Å². The molecule has 0 N–H and O–H groups in total. The molecule has 0 rings (SSSR count). The van der Waals surface area contributed by atoms with Crippen LogP contribution in [0.4, 0.5) is 0 Å². The second-order valence-electron chi connectivity index (χ2n) is 1.04. The van der Waals surface area contributed by atoms with Crippen LogP contribution in [0.15, 0.2) is 0 Å². The SMILES string of the molecule is ClCCOSC(Cl)(Cl)Cl. The van der Waals surface area contributed by atoms with Crippen molar-refractivity contribution in [3.8, 4) is 0 Å². The predicted molar refractivity (Wildman–Crippen MR) is 44.6 cm³/mol. The van der Waals surface area contributed by atoms with E-state index in [-0.39, 0.29) is 0 Å². The van der Waals surface area contributed by atoms with Crippen molar-refractivity contribution in [2.24, 2.45) is 0 Å². The van der Waals surface area contributed by atoms with Gasteiger partial charge in [-0.1, -0.05) is 34.8 Å². The van der Waals surface area contributed by atoms with Crippen LogP contribution in [0.5, 0.6) is 0 Å². The fraction of sp³-hybridized carbons (Fsp3) is 1.00. The van der Waals surface area contributed by atoms with E-state index in [1.165, 1.54) is 0 Å². The molecule has 1 nitrogen and oxygen atoms in total. The van der Waals surface area contributed by atoms with Gasteiger partial charge in [0.15, 0.2) is 0 Å². The maximum atomic E-state index is 5.29. The van der Waals surface area contributed by atoms with Gasteiger partial charge in [-0.25, -0.2) is 0 Å². The van der Waals surface area contributed by atoms with Crippen LogP contribution in [0.25, 0.3) is 0 Å². The molecule has 0 amide bonds. The maximum absolute atomic E-state index is 5.29. The van der Waals surface area contributed by atoms with Crippen LogP contribution < -0.4 is 0 Å². The highest BCUT2D eigenvalue weighted by molar-refractivity contribution is 8.00. The van der Waals surface area contributed by atoms with Crippen LogP contribution in [0.3, 0.4) is 0 Å². The molecular formula is C3H4Cl4OS. The fourth-order valence-corrected chi connectivity index (χ4v) is 1.01. The summed E-state index contributed by atoms with van der Waals surface area (Å²) >= 11 is 21.9. The van der Waals surface area contributed by atoms with E-state index >= 15 is 0 Å². The van der Waals surface area contributed by atoms with Crippen molar-refractivity contribution in [1.82, 2.24) is 0 Å². The third-order valence-corrected chi connectivity index (χ3v) is 1.51. The average molecular weight is 230 g/mol. The lowest BCUT2D eigenvalue weighted by molar-refractivity contribution is 0.405. The van der Waals surface area contributed by atoms with E-state index in [1.807, 2.05) is 0 Å². The Morgan fingerprint density at radius 3 is 2.22 bits per heavy atom. The van der Waals surface area contributed by atoms with Crippen LogP contribution in [0, 0.1) is 0 Å². The molecule has 0 aliphatic rings. The second-order valence-corrected chi connectivity index (χ2v) is 5.39. The van der Waals surface area contributed by atoms with Crippen molar-refractivity contribution in [2.45, 2.75) is 3.12 Å². The number of hydrogen-bond donors (Lipinski definition) is 0. The third kappa shape index (κ3) is 9.47. The van der Waals surface area contributed by atoms with Gasteiger partial charge in [-0.15, -0.1) is 11.6 Å². The van der Waals surface area contributed by atoms with E-state index in [2.05, 4.69) is 0 Å². The lowest BCUT2D eigenvalue weighted by Crippen LogP contribution is -1.97. The van der Waals surface area contributed by atoms with Crippen molar-refractivity contribution in [2.75, 3.05) is 12.5 Å². The van der Waals surface area contributed by atoms with Crippen LogP contribution >= 0.6 is 58.4 Å². The van der Waals surface area contributed by atoms with Gasteiger partial charge >= 0.3 is 0 Å². The quantitative estimate of drug-likeness (QED) is 0.418. The van der Waals surface area contributed by atoms with Crippen LogP contribution in [-0.4, -0.2) is 15.6 Å². The zero-order valence-electron chi connectivity index (χ0n) is 4.24. The van der Waals surface area contributed by atoms with E-state index < -0.39 is 3.12 Å². The first-order valence-corrected chi connectivity index (χ1v) is 4.40. The molecule has 0 unspecified atom stereocenters. The molecule has 0 heterocycles. The summed E-state index contributed by atoms with van der Waals surface area (Å²) in [5, 5.41) is 0. The van der Waals surface area contributed by atoms with Crippen LogP contribution in [0.1, 0.15) is 0 Å². The van der Waals surface area contributed by atoms with Gasteiger partial charge in [0.25, 0.3) is 3.12 Å². The number of rotatable bonds is 3. The molecule has 56 valence electrons. The van der Waals surface area contributed by atoms with E-state index in [4.69, 9.17) is 50.6 Å². The maximum Gasteiger partial charge on any atom is 0.262 e. The molecular weight excluding hydrogens is 226 g/mol. The van der Waals surface area contributed by atoms with Gasteiger partial charge in [0.05, 0.1) is 6.61 Å². The predicted octanol–water partition coefficient (Wildman–Crippen LogP) is 3.22. The summed E-state index contributed by atoms with van der Waals surface area (Å²) in [6, 6.07) is 0. The Hall–Kier alpha value is 1.47. The molecule has 9 heavy (non-hydrogen) atoms. The fourth-order valence-electron chi connectivity index (χ4n) is 0.140. The summed E-state index contributed by atoms with van der Waals surface area (Å²) in [6.07, 6.45) is 0. The lowest BCUT2D eigenvalue weighted by Gasteiger charge is -2.07. The molecule has 0 saturated carbocycles. The Bertz CT molecular complexity index is 72.7. The highest BCUT2D eigenvalue weighted by Crippen LogP contribution is 2.39. The minimum Gasteiger partial charge on any atom is -0.310 e. The molecule has 0 aliphatic heterocycles. The Kier molecular flexibility index (Phi) is 6.01. The van der Waals surface area contributed by atoms with Gasteiger partial charge in [0.1, 0.15) is 0 Å².